The Morgan fingerprint density at radius 3 is 2.64 bits per heavy atom. The van der Waals surface area contributed by atoms with E-state index in [0.29, 0.717) is 30.9 Å². The van der Waals surface area contributed by atoms with Crippen molar-refractivity contribution < 1.29 is 19.5 Å². The molecule has 22 heavy (non-hydrogen) atoms. The zero-order valence-corrected chi connectivity index (χ0v) is 13.7. The molecule has 0 aromatic heterocycles. The maximum atomic E-state index is 12.5. The van der Waals surface area contributed by atoms with E-state index in [1.54, 1.807) is 23.6 Å². The first-order valence-corrected chi connectivity index (χ1v) is 9.10. The third kappa shape index (κ3) is 3.94. The average molecular weight is 328 g/mol. The van der Waals surface area contributed by atoms with Crippen LogP contribution in [-0.4, -0.2) is 51.5 Å². The Bertz CT molecular complexity index is 443. The Labute approximate surface area is 135 Å². The lowest BCUT2D eigenvalue weighted by Gasteiger charge is -2.27. The number of amides is 2. The topological polar surface area (TPSA) is 86.7 Å². The van der Waals surface area contributed by atoms with Gasteiger partial charge in [-0.2, -0.15) is 0 Å². The summed E-state index contributed by atoms with van der Waals surface area (Å²) < 4.78 is 0. The van der Waals surface area contributed by atoms with E-state index in [2.05, 4.69) is 5.32 Å². The van der Waals surface area contributed by atoms with Gasteiger partial charge in [0.15, 0.2) is 0 Å². The number of aliphatic carboxylic acids is 1. The van der Waals surface area contributed by atoms with Gasteiger partial charge in [0.25, 0.3) is 0 Å². The third-order valence-corrected chi connectivity index (χ3v) is 5.48. The molecule has 2 N–H and O–H groups in total. The molecule has 2 aliphatic rings. The number of carbonyl (C=O) groups is 3. The molecule has 0 radical (unpaired) electrons. The molecule has 7 heteroatoms. The van der Waals surface area contributed by atoms with E-state index in [0.717, 1.165) is 19.3 Å². The van der Waals surface area contributed by atoms with Gasteiger partial charge in [-0.1, -0.05) is 26.2 Å². The molecule has 1 saturated carbocycles. The van der Waals surface area contributed by atoms with Crippen molar-refractivity contribution in [3.8, 4) is 0 Å². The fourth-order valence-electron chi connectivity index (χ4n) is 3.16. The van der Waals surface area contributed by atoms with Gasteiger partial charge in [0, 0.05) is 18.2 Å². The number of hydrogen-bond donors (Lipinski definition) is 2. The lowest BCUT2D eigenvalue weighted by atomic mass is 9.94. The average Bonchev–Trinajstić information content (AvgIpc) is 2.87. The molecular formula is C15H24N2O4S. The minimum absolute atomic E-state index is 0.0270. The third-order valence-electron chi connectivity index (χ3n) is 4.47. The molecule has 6 nitrogen and oxygen atoms in total. The predicted octanol–water partition coefficient (Wildman–Crippen LogP) is 1.45. The summed E-state index contributed by atoms with van der Waals surface area (Å²) in [6.07, 6.45) is 4.53. The fourth-order valence-corrected chi connectivity index (χ4v) is 4.34. The van der Waals surface area contributed by atoms with Crippen LogP contribution in [0.15, 0.2) is 0 Å². The summed E-state index contributed by atoms with van der Waals surface area (Å²) in [7, 11) is 0. The van der Waals surface area contributed by atoms with Crippen molar-refractivity contribution in [3.63, 3.8) is 0 Å². The highest BCUT2D eigenvalue weighted by atomic mass is 32.2. The maximum Gasteiger partial charge on any atom is 0.308 e. The summed E-state index contributed by atoms with van der Waals surface area (Å²) >= 11 is 1.56. The molecule has 0 spiro atoms. The first kappa shape index (κ1) is 17.1. The summed E-state index contributed by atoms with van der Waals surface area (Å²) in [5, 5.41) is 12.3. The van der Waals surface area contributed by atoms with Gasteiger partial charge in [-0.25, -0.2) is 0 Å². The maximum absolute atomic E-state index is 12.5. The van der Waals surface area contributed by atoms with Crippen LogP contribution in [0.2, 0.25) is 0 Å². The quantitative estimate of drug-likeness (QED) is 0.763. The molecule has 0 aromatic rings. The van der Waals surface area contributed by atoms with E-state index in [1.807, 2.05) is 0 Å². The van der Waals surface area contributed by atoms with Gasteiger partial charge in [-0.05, 0) is 12.8 Å². The Morgan fingerprint density at radius 2 is 1.95 bits per heavy atom. The Kier molecular flexibility index (Phi) is 6.11. The van der Waals surface area contributed by atoms with Gasteiger partial charge >= 0.3 is 5.97 Å². The number of nitrogens with one attached hydrogen (secondary N) is 1. The molecule has 1 unspecified atom stereocenters. The highest BCUT2D eigenvalue weighted by Gasteiger charge is 2.37. The molecule has 124 valence electrons. The lowest BCUT2D eigenvalue weighted by molar-refractivity contribution is -0.144. The zero-order chi connectivity index (χ0) is 16.1. The molecule has 2 rings (SSSR count). The van der Waals surface area contributed by atoms with Crippen LogP contribution < -0.4 is 5.32 Å². The summed E-state index contributed by atoms with van der Waals surface area (Å²) in [6, 6.07) is -0.785. The van der Waals surface area contributed by atoms with Crippen molar-refractivity contribution in [2.24, 2.45) is 5.92 Å². The number of rotatable bonds is 4. The first-order valence-electron chi connectivity index (χ1n) is 7.95. The van der Waals surface area contributed by atoms with Crippen LogP contribution in [0.4, 0.5) is 0 Å². The minimum Gasteiger partial charge on any atom is -0.481 e. The number of carboxylic acids is 1. The molecule has 0 bridgehead atoms. The van der Waals surface area contributed by atoms with Gasteiger partial charge in [0.1, 0.15) is 6.04 Å². The second kappa shape index (κ2) is 7.85. The summed E-state index contributed by atoms with van der Waals surface area (Å²) in [4.78, 5) is 37.4. The number of carboxylic acid groups (broad SMARTS) is 1. The van der Waals surface area contributed by atoms with Crippen LogP contribution in [0.25, 0.3) is 0 Å². The number of hydrogen-bond acceptors (Lipinski definition) is 4. The van der Waals surface area contributed by atoms with Crippen LogP contribution in [-0.2, 0) is 14.4 Å². The van der Waals surface area contributed by atoms with Crippen molar-refractivity contribution in [3.05, 3.63) is 0 Å². The highest BCUT2D eigenvalue weighted by Crippen LogP contribution is 2.26. The van der Waals surface area contributed by atoms with Crippen molar-refractivity contribution in [1.82, 2.24) is 10.2 Å². The number of carbonyl (C=O) groups excluding carboxylic acids is 2. The SMILES string of the molecule is CCC(=O)N1CSCC1C(=O)N[C@H]1CCCCC[C@H]1C(=O)O. The standard InChI is InChI=1S/C15H24N2O4S/c1-2-13(18)17-9-22-8-12(17)14(19)16-11-7-5-3-4-6-10(11)15(20)21/h10-12H,2-9H2,1H3,(H,16,19)(H,20,21)/t10-,11+,12?/m1/s1. The molecule has 2 amide bonds. The second-order valence-corrected chi connectivity index (χ2v) is 6.93. The molecule has 1 aliphatic heterocycles. The van der Waals surface area contributed by atoms with Gasteiger partial charge in [0.05, 0.1) is 11.8 Å². The van der Waals surface area contributed by atoms with Gasteiger partial charge < -0.3 is 15.3 Å². The molecule has 1 saturated heterocycles. The summed E-state index contributed by atoms with van der Waals surface area (Å²) in [5.41, 5.74) is 0. The van der Waals surface area contributed by atoms with Crippen molar-refractivity contribution >= 4 is 29.5 Å². The van der Waals surface area contributed by atoms with Crippen LogP contribution in [0, 0.1) is 5.92 Å². The predicted molar refractivity (Wildman–Crippen MR) is 84.4 cm³/mol. The summed E-state index contributed by atoms with van der Waals surface area (Å²) in [5.74, 6) is -0.462. The van der Waals surface area contributed by atoms with Crippen molar-refractivity contribution in [2.45, 2.75) is 57.5 Å². The first-order chi connectivity index (χ1) is 10.5. The van der Waals surface area contributed by atoms with Crippen molar-refractivity contribution in [1.29, 1.82) is 0 Å². The van der Waals surface area contributed by atoms with Crippen LogP contribution in [0.3, 0.4) is 0 Å². The zero-order valence-electron chi connectivity index (χ0n) is 12.9. The Hall–Kier alpha value is -1.24. The minimum atomic E-state index is -0.838. The van der Waals surface area contributed by atoms with Crippen LogP contribution in [0.5, 0.6) is 0 Å². The molecule has 2 fully saturated rings. The number of thioether (sulfide) groups is 1. The normalized spacial score (nSPS) is 29.0. The smallest absolute Gasteiger partial charge is 0.308 e. The highest BCUT2D eigenvalue weighted by molar-refractivity contribution is 7.99. The van der Waals surface area contributed by atoms with E-state index in [4.69, 9.17) is 0 Å². The molecule has 1 aliphatic carbocycles. The molecular weight excluding hydrogens is 304 g/mol. The molecule has 0 aromatic carbocycles. The van der Waals surface area contributed by atoms with Gasteiger partial charge in [-0.15, -0.1) is 11.8 Å². The second-order valence-electron chi connectivity index (χ2n) is 5.93. The largest absolute Gasteiger partial charge is 0.481 e. The lowest BCUT2D eigenvalue weighted by Crippen LogP contribution is -2.52. The van der Waals surface area contributed by atoms with E-state index in [9.17, 15) is 19.5 Å². The van der Waals surface area contributed by atoms with E-state index in [1.165, 1.54) is 0 Å². The van der Waals surface area contributed by atoms with Crippen LogP contribution >= 0.6 is 11.8 Å². The fraction of sp³-hybridized carbons (Fsp3) is 0.800. The number of nitrogens with zero attached hydrogens (tertiary/aromatic N) is 1. The Morgan fingerprint density at radius 1 is 1.23 bits per heavy atom. The van der Waals surface area contributed by atoms with Gasteiger partial charge in [-0.3, -0.25) is 14.4 Å². The van der Waals surface area contributed by atoms with E-state index < -0.39 is 17.9 Å². The summed E-state index contributed by atoms with van der Waals surface area (Å²) in [6.45, 7) is 1.78. The monoisotopic (exact) mass is 328 g/mol. The van der Waals surface area contributed by atoms with E-state index in [-0.39, 0.29) is 17.9 Å². The van der Waals surface area contributed by atoms with Crippen molar-refractivity contribution in [2.75, 3.05) is 11.6 Å². The molecule has 1 heterocycles. The Balaban J connectivity index is 2.02. The van der Waals surface area contributed by atoms with Gasteiger partial charge in [0.2, 0.25) is 11.8 Å². The van der Waals surface area contributed by atoms with Crippen LogP contribution in [0.1, 0.15) is 45.4 Å². The molecule has 3 atom stereocenters. The van der Waals surface area contributed by atoms with E-state index >= 15 is 0 Å².